The Morgan fingerprint density at radius 3 is 3.06 bits per heavy atom. The van der Waals surface area contributed by atoms with E-state index in [-0.39, 0.29) is 5.56 Å². The van der Waals surface area contributed by atoms with Crippen molar-refractivity contribution in [3.63, 3.8) is 0 Å². The smallest absolute Gasteiger partial charge is 0.250 e. The topological polar surface area (TPSA) is 48.0 Å². The monoisotopic (exact) mass is 266 g/mol. The van der Waals surface area contributed by atoms with Crippen LogP contribution in [0.5, 0.6) is 0 Å². The molecule has 3 nitrogen and oxygen atoms in total. The van der Waals surface area contributed by atoms with Crippen molar-refractivity contribution in [2.24, 2.45) is 5.92 Å². The minimum atomic E-state index is 0.0433. The first-order valence-electron chi connectivity index (χ1n) is 6.72. The second-order valence-electron chi connectivity index (χ2n) is 5.26. The van der Waals surface area contributed by atoms with Crippen LogP contribution in [0.3, 0.4) is 0 Å². The molecule has 0 bridgehead atoms. The molecule has 1 saturated carbocycles. The maximum atomic E-state index is 11.6. The molecule has 0 radical (unpaired) electrons. The summed E-state index contributed by atoms with van der Waals surface area (Å²) in [5.41, 5.74) is 6.40. The lowest BCUT2D eigenvalue weighted by atomic mass is 9.91. The number of pyridine rings is 1. The highest BCUT2D eigenvalue weighted by Gasteiger charge is 2.18. The fourth-order valence-corrected chi connectivity index (χ4v) is 4.01. The molecule has 0 saturated heterocycles. The van der Waals surface area contributed by atoms with E-state index in [1.54, 1.807) is 22.9 Å². The first-order chi connectivity index (χ1) is 8.65. The van der Waals surface area contributed by atoms with Crippen molar-refractivity contribution in [3.05, 3.63) is 28.7 Å². The maximum absolute atomic E-state index is 11.6. The zero-order valence-corrected chi connectivity index (χ0v) is 11.8. The number of anilines is 1. The lowest BCUT2D eigenvalue weighted by Gasteiger charge is -2.26. The van der Waals surface area contributed by atoms with E-state index < -0.39 is 0 Å². The summed E-state index contributed by atoms with van der Waals surface area (Å²) in [5.74, 6) is 1.87. The van der Waals surface area contributed by atoms with E-state index >= 15 is 0 Å². The van der Waals surface area contributed by atoms with E-state index in [9.17, 15) is 4.79 Å². The second-order valence-corrected chi connectivity index (χ2v) is 6.67. The first kappa shape index (κ1) is 13.5. The van der Waals surface area contributed by atoms with Gasteiger partial charge in [-0.05, 0) is 24.8 Å². The molecule has 1 fully saturated rings. The third-order valence-corrected chi connectivity index (χ3v) is 4.90. The Labute approximate surface area is 113 Å². The molecule has 2 atom stereocenters. The highest BCUT2D eigenvalue weighted by Crippen LogP contribution is 2.31. The van der Waals surface area contributed by atoms with Gasteiger partial charge in [0.05, 0.1) is 0 Å². The molecular formula is C14H22N2OS. The standard InChI is InChI=1S/C14H22N2OS/c1-11-3-2-4-13(9-11)18-8-7-16-10-12(15)5-6-14(16)17/h5-6,10-11,13H,2-4,7-9,15H2,1H3. The van der Waals surface area contributed by atoms with Crippen molar-refractivity contribution in [1.29, 1.82) is 0 Å². The molecule has 1 heterocycles. The van der Waals surface area contributed by atoms with Gasteiger partial charge in [0.15, 0.2) is 0 Å². The maximum Gasteiger partial charge on any atom is 0.250 e. The van der Waals surface area contributed by atoms with Crippen molar-refractivity contribution < 1.29 is 0 Å². The van der Waals surface area contributed by atoms with Crippen LogP contribution in [-0.2, 0) is 6.54 Å². The molecule has 1 aliphatic rings. The average Bonchev–Trinajstić information content (AvgIpc) is 2.34. The molecule has 2 unspecified atom stereocenters. The summed E-state index contributed by atoms with van der Waals surface area (Å²) in [6.45, 7) is 3.11. The predicted molar refractivity (Wildman–Crippen MR) is 79.0 cm³/mol. The highest BCUT2D eigenvalue weighted by atomic mass is 32.2. The van der Waals surface area contributed by atoms with E-state index in [0.717, 1.165) is 23.5 Å². The Kier molecular flexibility index (Phi) is 4.75. The summed E-state index contributed by atoms with van der Waals surface area (Å²) in [5, 5.41) is 0.783. The van der Waals surface area contributed by atoms with Gasteiger partial charge in [-0.25, -0.2) is 0 Å². The molecule has 18 heavy (non-hydrogen) atoms. The number of nitrogens with zero attached hydrogens (tertiary/aromatic N) is 1. The number of nitrogen functional groups attached to an aromatic ring is 1. The molecule has 1 aromatic rings. The van der Waals surface area contributed by atoms with Crippen molar-refractivity contribution in [1.82, 2.24) is 4.57 Å². The number of hydrogen-bond donors (Lipinski definition) is 1. The second kappa shape index (κ2) is 6.32. The highest BCUT2D eigenvalue weighted by molar-refractivity contribution is 7.99. The molecule has 100 valence electrons. The Morgan fingerprint density at radius 1 is 1.44 bits per heavy atom. The molecule has 2 rings (SSSR count). The normalized spacial score (nSPS) is 24.1. The minimum Gasteiger partial charge on any atom is -0.398 e. The van der Waals surface area contributed by atoms with Crippen LogP contribution in [0.25, 0.3) is 0 Å². The molecule has 0 aromatic carbocycles. The number of thioether (sulfide) groups is 1. The van der Waals surface area contributed by atoms with Crippen molar-refractivity contribution in [2.75, 3.05) is 11.5 Å². The third-order valence-electron chi connectivity index (χ3n) is 3.58. The zero-order valence-electron chi connectivity index (χ0n) is 11.0. The van der Waals surface area contributed by atoms with Crippen molar-refractivity contribution in [3.8, 4) is 0 Å². The summed E-state index contributed by atoms with van der Waals surface area (Å²) in [6, 6.07) is 3.21. The Balaban J connectivity index is 1.81. The van der Waals surface area contributed by atoms with Gasteiger partial charge >= 0.3 is 0 Å². The zero-order chi connectivity index (χ0) is 13.0. The third kappa shape index (κ3) is 3.80. The number of aryl methyl sites for hydroxylation is 1. The summed E-state index contributed by atoms with van der Waals surface area (Å²) >= 11 is 2.01. The van der Waals surface area contributed by atoms with Crippen LogP contribution in [0.1, 0.15) is 32.6 Å². The van der Waals surface area contributed by atoms with Crippen LogP contribution in [0.4, 0.5) is 5.69 Å². The van der Waals surface area contributed by atoms with Gasteiger partial charge in [0, 0.05) is 35.5 Å². The van der Waals surface area contributed by atoms with Gasteiger partial charge in [0.1, 0.15) is 0 Å². The fourth-order valence-electron chi connectivity index (χ4n) is 2.57. The molecule has 1 aliphatic carbocycles. The van der Waals surface area contributed by atoms with Gasteiger partial charge in [-0.2, -0.15) is 11.8 Å². The van der Waals surface area contributed by atoms with E-state index in [1.165, 1.54) is 25.7 Å². The quantitative estimate of drug-likeness (QED) is 0.911. The molecular weight excluding hydrogens is 244 g/mol. The number of aromatic nitrogens is 1. The van der Waals surface area contributed by atoms with Crippen LogP contribution < -0.4 is 11.3 Å². The Morgan fingerprint density at radius 2 is 2.28 bits per heavy atom. The lowest BCUT2D eigenvalue weighted by Crippen LogP contribution is -2.21. The number of hydrogen-bond acceptors (Lipinski definition) is 3. The van der Waals surface area contributed by atoms with E-state index in [2.05, 4.69) is 6.92 Å². The minimum absolute atomic E-state index is 0.0433. The molecule has 4 heteroatoms. The largest absolute Gasteiger partial charge is 0.398 e. The molecule has 2 N–H and O–H groups in total. The van der Waals surface area contributed by atoms with Gasteiger partial charge < -0.3 is 10.3 Å². The van der Waals surface area contributed by atoms with Gasteiger partial charge in [0.25, 0.3) is 5.56 Å². The van der Waals surface area contributed by atoms with Crippen LogP contribution in [0, 0.1) is 5.92 Å². The Hall–Kier alpha value is -0.900. The van der Waals surface area contributed by atoms with Gasteiger partial charge in [-0.1, -0.05) is 19.8 Å². The van der Waals surface area contributed by atoms with Crippen LogP contribution in [0.2, 0.25) is 0 Å². The van der Waals surface area contributed by atoms with Crippen LogP contribution in [0.15, 0.2) is 23.1 Å². The lowest BCUT2D eigenvalue weighted by molar-refractivity contribution is 0.394. The predicted octanol–water partition coefficient (Wildman–Crippen LogP) is 2.74. The van der Waals surface area contributed by atoms with Crippen LogP contribution >= 0.6 is 11.8 Å². The number of nitrogens with two attached hydrogens (primary N) is 1. The fraction of sp³-hybridized carbons (Fsp3) is 0.643. The van der Waals surface area contributed by atoms with Crippen molar-refractivity contribution >= 4 is 17.4 Å². The molecule has 0 aliphatic heterocycles. The molecule has 0 amide bonds. The van der Waals surface area contributed by atoms with Gasteiger partial charge in [-0.15, -0.1) is 0 Å². The summed E-state index contributed by atoms with van der Waals surface area (Å²) in [4.78, 5) is 11.6. The first-order valence-corrected chi connectivity index (χ1v) is 7.77. The summed E-state index contributed by atoms with van der Waals surface area (Å²) in [7, 11) is 0. The Bertz CT molecular complexity index is 444. The van der Waals surface area contributed by atoms with E-state index in [0.29, 0.717) is 5.69 Å². The van der Waals surface area contributed by atoms with Crippen molar-refractivity contribution in [2.45, 2.75) is 44.4 Å². The van der Waals surface area contributed by atoms with Gasteiger partial charge in [-0.3, -0.25) is 4.79 Å². The van der Waals surface area contributed by atoms with Crippen LogP contribution in [-0.4, -0.2) is 15.6 Å². The SMILES string of the molecule is CC1CCCC(SCCn2cc(N)ccc2=O)C1. The molecule has 0 spiro atoms. The average molecular weight is 266 g/mol. The van der Waals surface area contributed by atoms with E-state index in [4.69, 9.17) is 5.73 Å². The van der Waals surface area contributed by atoms with E-state index in [1.807, 2.05) is 11.8 Å². The van der Waals surface area contributed by atoms with Gasteiger partial charge in [0.2, 0.25) is 0 Å². The summed E-state index contributed by atoms with van der Waals surface area (Å²) in [6.07, 6.45) is 7.15. The number of rotatable bonds is 4. The summed E-state index contributed by atoms with van der Waals surface area (Å²) < 4.78 is 1.72. The molecule has 1 aromatic heterocycles.